The van der Waals surface area contributed by atoms with Gasteiger partial charge in [-0.15, -0.1) is 0 Å². The van der Waals surface area contributed by atoms with Crippen LogP contribution in [0.3, 0.4) is 0 Å². The summed E-state index contributed by atoms with van der Waals surface area (Å²) in [7, 11) is 0. The molecule has 1 aromatic heterocycles. The maximum atomic E-state index is 13.2. The summed E-state index contributed by atoms with van der Waals surface area (Å²) < 4.78 is 20.0. The van der Waals surface area contributed by atoms with Gasteiger partial charge in [-0.2, -0.15) is 0 Å². The molecule has 3 rings (SSSR count). The van der Waals surface area contributed by atoms with Crippen LogP contribution in [0.2, 0.25) is 0 Å². The molecule has 0 radical (unpaired) electrons. The van der Waals surface area contributed by atoms with Gasteiger partial charge in [-0.1, -0.05) is 13.3 Å². The normalized spacial score (nSPS) is 11.2. The van der Waals surface area contributed by atoms with Gasteiger partial charge in [0.25, 0.3) is 5.56 Å². The molecule has 0 aliphatic carbocycles. The van der Waals surface area contributed by atoms with Crippen molar-refractivity contribution in [2.24, 2.45) is 4.99 Å². The van der Waals surface area contributed by atoms with E-state index in [0.29, 0.717) is 24.3 Å². The van der Waals surface area contributed by atoms with Crippen LogP contribution in [0.1, 0.15) is 31.5 Å². The third kappa shape index (κ3) is 4.34. The van der Waals surface area contributed by atoms with E-state index in [1.165, 1.54) is 16.8 Å². The second kappa shape index (κ2) is 8.49. The molecule has 0 atom stereocenters. The molecule has 6 heteroatoms. The Bertz CT molecular complexity index is 970. The summed E-state index contributed by atoms with van der Waals surface area (Å²) in [6.07, 6.45) is 3.18. The summed E-state index contributed by atoms with van der Waals surface area (Å²) in [5, 5.41) is 3.12. The van der Waals surface area contributed by atoms with Crippen molar-refractivity contribution < 1.29 is 9.13 Å². The molecule has 0 aliphatic rings. The number of ether oxygens (including phenoxy) is 1. The van der Waals surface area contributed by atoms with Gasteiger partial charge in [0.1, 0.15) is 11.6 Å². The number of aromatic nitrogens is 2. The Morgan fingerprint density at radius 3 is 2.44 bits per heavy atom. The van der Waals surface area contributed by atoms with Crippen molar-refractivity contribution in [2.75, 3.05) is 6.61 Å². The topological polar surface area (TPSA) is 59.4 Å². The van der Waals surface area contributed by atoms with Crippen LogP contribution in [-0.2, 0) is 6.42 Å². The monoisotopic (exact) mass is 367 g/mol. The number of rotatable bonds is 7. The Morgan fingerprint density at radius 2 is 1.81 bits per heavy atom. The van der Waals surface area contributed by atoms with E-state index in [2.05, 4.69) is 10.1 Å². The van der Waals surface area contributed by atoms with Crippen molar-refractivity contribution in [1.29, 1.82) is 0 Å². The van der Waals surface area contributed by atoms with Gasteiger partial charge >= 0.3 is 0 Å². The van der Waals surface area contributed by atoms with E-state index < -0.39 is 0 Å². The highest BCUT2D eigenvalue weighted by Gasteiger charge is 2.13. The molecule has 0 bridgehead atoms. The lowest BCUT2D eigenvalue weighted by molar-refractivity contribution is 0.340. The Kier molecular flexibility index (Phi) is 5.86. The van der Waals surface area contributed by atoms with Gasteiger partial charge in [0.2, 0.25) is 0 Å². The van der Waals surface area contributed by atoms with Crippen molar-refractivity contribution >= 4 is 11.9 Å². The zero-order chi connectivity index (χ0) is 19.2. The van der Waals surface area contributed by atoms with Crippen molar-refractivity contribution in [3.63, 3.8) is 0 Å². The van der Waals surface area contributed by atoms with Crippen molar-refractivity contribution in [3.8, 4) is 11.4 Å². The van der Waals surface area contributed by atoms with Crippen LogP contribution in [0.15, 0.2) is 58.3 Å². The standard InChI is InChI=1S/C21H22FN3O2/c1-3-5-20-19(14-23-16-8-12-18(13-9-16)27-4-2)21(26)25(24-20)17-10-6-15(22)7-11-17/h6-14,24H,3-5H2,1-2H3. The van der Waals surface area contributed by atoms with Crippen molar-refractivity contribution in [1.82, 2.24) is 9.78 Å². The van der Waals surface area contributed by atoms with E-state index >= 15 is 0 Å². The molecule has 0 spiro atoms. The molecule has 3 aromatic rings. The minimum absolute atomic E-state index is 0.209. The van der Waals surface area contributed by atoms with Gasteiger partial charge in [0.05, 0.1) is 23.5 Å². The maximum Gasteiger partial charge on any atom is 0.280 e. The average molecular weight is 367 g/mol. The minimum atomic E-state index is -0.343. The number of halogens is 1. The zero-order valence-electron chi connectivity index (χ0n) is 15.4. The first-order valence-corrected chi connectivity index (χ1v) is 8.99. The lowest BCUT2D eigenvalue weighted by atomic mass is 10.2. The first kappa shape index (κ1) is 18.6. The molecule has 0 amide bonds. The van der Waals surface area contributed by atoms with Crippen LogP contribution in [0.4, 0.5) is 10.1 Å². The number of aromatic amines is 1. The fraction of sp³-hybridized carbons (Fsp3) is 0.238. The number of hydrogen-bond donors (Lipinski definition) is 1. The fourth-order valence-electron chi connectivity index (χ4n) is 2.78. The molecule has 1 N–H and O–H groups in total. The molecule has 27 heavy (non-hydrogen) atoms. The van der Waals surface area contributed by atoms with E-state index in [-0.39, 0.29) is 11.4 Å². The first-order valence-electron chi connectivity index (χ1n) is 8.99. The quantitative estimate of drug-likeness (QED) is 0.629. The SMILES string of the molecule is CCCc1[nH]n(-c2ccc(F)cc2)c(=O)c1C=Nc1ccc(OCC)cc1. The molecule has 140 valence electrons. The van der Waals surface area contributed by atoms with Crippen LogP contribution in [0.5, 0.6) is 5.75 Å². The van der Waals surface area contributed by atoms with Crippen LogP contribution in [0, 0.1) is 5.82 Å². The van der Waals surface area contributed by atoms with E-state index in [0.717, 1.165) is 23.6 Å². The molecule has 0 unspecified atom stereocenters. The van der Waals surface area contributed by atoms with E-state index in [9.17, 15) is 9.18 Å². The Labute approximate surface area is 157 Å². The van der Waals surface area contributed by atoms with E-state index in [4.69, 9.17) is 4.74 Å². The highest BCUT2D eigenvalue weighted by molar-refractivity contribution is 5.83. The van der Waals surface area contributed by atoms with Crippen LogP contribution in [-0.4, -0.2) is 22.6 Å². The average Bonchev–Trinajstić information content (AvgIpc) is 2.98. The maximum absolute atomic E-state index is 13.2. The number of aryl methyl sites for hydroxylation is 1. The largest absolute Gasteiger partial charge is 0.494 e. The van der Waals surface area contributed by atoms with Gasteiger partial charge in [-0.05, 0) is 61.9 Å². The third-order valence-electron chi connectivity index (χ3n) is 4.08. The van der Waals surface area contributed by atoms with Gasteiger partial charge in [0.15, 0.2) is 0 Å². The van der Waals surface area contributed by atoms with Crippen molar-refractivity contribution in [2.45, 2.75) is 26.7 Å². The lowest BCUT2D eigenvalue weighted by Gasteiger charge is -2.01. The Hall–Kier alpha value is -3.15. The number of nitrogens with one attached hydrogen (secondary N) is 1. The first-order chi connectivity index (χ1) is 13.1. The number of aliphatic imine (C=N–C) groups is 1. The number of H-pyrrole nitrogens is 1. The second-order valence-corrected chi connectivity index (χ2v) is 6.06. The second-order valence-electron chi connectivity index (χ2n) is 6.06. The summed E-state index contributed by atoms with van der Waals surface area (Å²) in [6.45, 7) is 4.58. The van der Waals surface area contributed by atoms with Gasteiger partial charge in [-0.25, -0.2) is 9.07 Å². The number of nitrogens with zero attached hydrogens (tertiary/aromatic N) is 2. The highest BCUT2D eigenvalue weighted by atomic mass is 19.1. The molecule has 0 saturated carbocycles. The van der Waals surface area contributed by atoms with E-state index in [1.54, 1.807) is 18.3 Å². The third-order valence-corrected chi connectivity index (χ3v) is 4.08. The molecular weight excluding hydrogens is 345 g/mol. The number of benzene rings is 2. The zero-order valence-corrected chi connectivity index (χ0v) is 15.4. The molecule has 0 fully saturated rings. The van der Waals surface area contributed by atoms with Crippen LogP contribution in [0.25, 0.3) is 5.69 Å². The molecule has 5 nitrogen and oxygen atoms in total. The Morgan fingerprint density at radius 1 is 1.11 bits per heavy atom. The summed E-state index contributed by atoms with van der Waals surface area (Å²) >= 11 is 0. The van der Waals surface area contributed by atoms with Gasteiger partial charge in [-0.3, -0.25) is 14.9 Å². The molecular formula is C21H22FN3O2. The minimum Gasteiger partial charge on any atom is -0.494 e. The van der Waals surface area contributed by atoms with Gasteiger partial charge in [0, 0.05) is 11.9 Å². The summed E-state index contributed by atoms with van der Waals surface area (Å²) in [5.41, 5.74) is 2.42. The highest BCUT2D eigenvalue weighted by Crippen LogP contribution is 2.18. The van der Waals surface area contributed by atoms with Crippen LogP contribution < -0.4 is 10.3 Å². The molecule has 0 aliphatic heterocycles. The predicted molar refractivity (Wildman–Crippen MR) is 105 cm³/mol. The van der Waals surface area contributed by atoms with E-state index in [1.807, 2.05) is 38.1 Å². The lowest BCUT2D eigenvalue weighted by Crippen LogP contribution is -2.17. The summed E-state index contributed by atoms with van der Waals surface area (Å²) in [4.78, 5) is 17.3. The summed E-state index contributed by atoms with van der Waals surface area (Å²) in [6, 6.07) is 13.2. The van der Waals surface area contributed by atoms with Crippen molar-refractivity contribution in [3.05, 3.63) is 76.0 Å². The number of hydrogen-bond acceptors (Lipinski definition) is 3. The predicted octanol–water partition coefficient (Wildman–Crippen LogP) is 4.41. The molecule has 1 heterocycles. The smallest absolute Gasteiger partial charge is 0.280 e. The fourth-order valence-corrected chi connectivity index (χ4v) is 2.78. The molecule has 2 aromatic carbocycles. The summed E-state index contributed by atoms with van der Waals surface area (Å²) in [5.74, 6) is 0.438. The van der Waals surface area contributed by atoms with Gasteiger partial charge < -0.3 is 4.74 Å². The van der Waals surface area contributed by atoms with Crippen LogP contribution >= 0.6 is 0 Å². The molecule has 0 saturated heterocycles. The Balaban J connectivity index is 1.93.